The summed E-state index contributed by atoms with van der Waals surface area (Å²) in [5, 5.41) is 0. The quantitative estimate of drug-likeness (QED) is 0.612. The monoisotopic (exact) mass is 446 g/mol. The van der Waals surface area contributed by atoms with Crippen molar-refractivity contribution in [3.63, 3.8) is 0 Å². The van der Waals surface area contributed by atoms with Gasteiger partial charge in [-0.1, -0.05) is 24.3 Å². The molecule has 1 amide bonds. The zero-order valence-electron chi connectivity index (χ0n) is 19.3. The summed E-state index contributed by atoms with van der Waals surface area (Å²) in [4.78, 5) is 30.9. The molecule has 2 saturated heterocycles. The molecule has 3 fully saturated rings. The van der Waals surface area contributed by atoms with Crippen LogP contribution in [0.15, 0.2) is 24.3 Å². The fourth-order valence-corrected chi connectivity index (χ4v) is 5.23. The summed E-state index contributed by atoms with van der Waals surface area (Å²) in [5.74, 6) is 3.35. The first-order chi connectivity index (χ1) is 16.1. The molecule has 8 heteroatoms. The fourth-order valence-electron chi connectivity index (χ4n) is 5.23. The second-order valence-corrected chi connectivity index (χ2v) is 9.44. The molecule has 0 N–H and O–H groups in total. The van der Waals surface area contributed by atoms with Crippen molar-refractivity contribution in [2.75, 3.05) is 44.3 Å². The average molecular weight is 447 g/mol. The van der Waals surface area contributed by atoms with Crippen molar-refractivity contribution in [1.29, 1.82) is 0 Å². The first kappa shape index (κ1) is 20.6. The number of hydrogen-bond donors (Lipinski definition) is 0. The number of nitrogens with zero attached hydrogens (tertiary/aromatic N) is 6. The van der Waals surface area contributed by atoms with Crippen LogP contribution in [0.4, 0.5) is 5.82 Å². The van der Waals surface area contributed by atoms with Crippen LogP contribution in [0.25, 0.3) is 22.6 Å². The van der Waals surface area contributed by atoms with Gasteiger partial charge in [-0.3, -0.25) is 4.79 Å². The number of fused-ring (bicyclic) bond motifs is 1. The molecule has 2 aliphatic heterocycles. The molecule has 8 nitrogen and oxygen atoms in total. The molecule has 4 heterocycles. The lowest BCUT2D eigenvalue weighted by Crippen LogP contribution is -2.48. The summed E-state index contributed by atoms with van der Waals surface area (Å²) < 4.78 is 8.09. The van der Waals surface area contributed by atoms with Crippen molar-refractivity contribution in [1.82, 2.24) is 24.4 Å². The Bertz CT molecular complexity index is 1200. The highest BCUT2D eigenvalue weighted by molar-refractivity contribution is 5.88. The lowest BCUT2D eigenvalue weighted by Gasteiger charge is -2.35. The minimum absolute atomic E-state index is 0.128. The minimum atomic E-state index is 0.128. The maximum Gasteiger partial charge on any atom is 0.219 e. The Balaban J connectivity index is 1.51. The number of piperazine rings is 1. The summed E-state index contributed by atoms with van der Waals surface area (Å²) in [6, 6.07) is 8.91. The van der Waals surface area contributed by atoms with E-state index in [1.165, 1.54) is 24.0 Å². The number of imidazole rings is 1. The predicted molar refractivity (Wildman–Crippen MR) is 126 cm³/mol. The molecule has 3 aliphatic rings. The number of anilines is 1. The SMILES string of the molecule is CC(=O)N1CCN(c2nc(C)nc3c2nc(-c2ccccc2C2CC2)n3C2CCOC2)CC1. The zero-order valence-corrected chi connectivity index (χ0v) is 19.3. The van der Waals surface area contributed by atoms with Crippen molar-refractivity contribution in [3.8, 4) is 11.4 Å². The number of carbonyl (C=O) groups excluding carboxylic acids is 1. The van der Waals surface area contributed by atoms with Crippen molar-refractivity contribution in [2.24, 2.45) is 0 Å². The number of hydrogen-bond acceptors (Lipinski definition) is 6. The third-order valence-electron chi connectivity index (χ3n) is 7.15. The van der Waals surface area contributed by atoms with E-state index in [1.807, 2.05) is 11.8 Å². The Morgan fingerprint density at radius 1 is 1.03 bits per heavy atom. The lowest BCUT2D eigenvalue weighted by atomic mass is 10.0. The summed E-state index contributed by atoms with van der Waals surface area (Å²) >= 11 is 0. The van der Waals surface area contributed by atoms with Crippen LogP contribution in [0.3, 0.4) is 0 Å². The van der Waals surface area contributed by atoms with Gasteiger partial charge in [0.25, 0.3) is 0 Å². The van der Waals surface area contributed by atoms with Gasteiger partial charge in [-0.2, -0.15) is 0 Å². The molecule has 1 atom stereocenters. The average Bonchev–Trinajstić information content (AvgIpc) is 3.40. The second-order valence-electron chi connectivity index (χ2n) is 9.44. The second kappa shape index (κ2) is 8.09. The largest absolute Gasteiger partial charge is 0.379 e. The van der Waals surface area contributed by atoms with E-state index in [4.69, 9.17) is 19.7 Å². The third-order valence-corrected chi connectivity index (χ3v) is 7.15. The van der Waals surface area contributed by atoms with Gasteiger partial charge in [0.15, 0.2) is 17.0 Å². The van der Waals surface area contributed by atoms with E-state index in [-0.39, 0.29) is 11.9 Å². The van der Waals surface area contributed by atoms with Gasteiger partial charge in [0, 0.05) is 45.3 Å². The van der Waals surface area contributed by atoms with Crippen LogP contribution >= 0.6 is 0 Å². The number of amides is 1. The van der Waals surface area contributed by atoms with Gasteiger partial charge in [0.1, 0.15) is 11.6 Å². The number of benzene rings is 1. The van der Waals surface area contributed by atoms with Crippen LogP contribution in [0.5, 0.6) is 0 Å². The Morgan fingerprint density at radius 3 is 2.52 bits per heavy atom. The highest BCUT2D eigenvalue weighted by Crippen LogP contribution is 2.45. The molecule has 2 aromatic heterocycles. The molecule has 0 bridgehead atoms. The standard InChI is InChI=1S/C25H30N6O2/c1-16-26-24(30-12-10-29(11-13-30)17(2)32)22-25(27-16)31(19-9-14-33-15-19)23(28-22)21-6-4-3-5-20(21)18-7-8-18/h3-6,18-19H,7-15H2,1-2H3. The van der Waals surface area contributed by atoms with E-state index < -0.39 is 0 Å². The smallest absolute Gasteiger partial charge is 0.219 e. The van der Waals surface area contributed by atoms with Gasteiger partial charge in [-0.15, -0.1) is 0 Å². The van der Waals surface area contributed by atoms with Crippen LogP contribution in [-0.2, 0) is 9.53 Å². The summed E-state index contributed by atoms with van der Waals surface area (Å²) in [6.45, 7) is 7.93. The molecule has 33 heavy (non-hydrogen) atoms. The number of aromatic nitrogens is 4. The number of carbonyl (C=O) groups is 1. The van der Waals surface area contributed by atoms with E-state index in [0.29, 0.717) is 25.6 Å². The molecular weight excluding hydrogens is 416 g/mol. The molecule has 6 rings (SSSR count). The first-order valence-electron chi connectivity index (χ1n) is 12.0. The number of rotatable bonds is 4. The molecule has 1 aliphatic carbocycles. The molecule has 0 spiro atoms. The third kappa shape index (κ3) is 3.66. The van der Waals surface area contributed by atoms with Gasteiger partial charge in [0.05, 0.1) is 12.6 Å². The van der Waals surface area contributed by atoms with Crippen LogP contribution in [-0.4, -0.2) is 69.7 Å². The molecule has 1 saturated carbocycles. The van der Waals surface area contributed by atoms with Crippen molar-refractivity contribution >= 4 is 22.9 Å². The molecule has 1 aromatic carbocycles. The predicted octanol–water partition coefficient (Wildman–Crippen LogP) is 3.31. The van der Waals surface area contributed by atoms with Gasteiger partial charge in [-0.05, 0) is 37.7 Å². The van der Waals surface area contributed by atoms with Gasteiger partial charge >= 0.3 is 0 Å². The first-order valence-corrected chi connectivity index (χ1v) is 12.0. The Hall–Kier alpha value is -3.00. The van der Waals surface area contributed by atoms with Gasteiger partial charge in [0.2, 0.25) is 5.91 Å². The molecular formula is C25H30N6O2. The zero-order chi connectivity index (χ0) is 22.5. The van der Waals surface area contributed by atoms with Crippen molar-refractivity contribution in [3.05, 3.63) is 35.7 Å². The number of aryl methyl sites for hydroxylation is 1. The minimum Gasteiger partial charge on any atom is -0.379 e. The van der Waals surface area contributed by atoms with Gasteiger partial charge in [-0.25, -0.2) is 15.0 Å². The topological polar surface area (TPSA) is 76.4 Å². The van der Waals surface area contributed by atoms with Crippen LogP contribution < -0.4 is 4.90 Å². The molecule has 172 valence electrons. The maximum atomic E-state index is 11.8. The van der Waals surface area contributed by atoms with E-state index in [9.17, 15) is 4.79 Å². The van der Waals surface area contributed by atoms with Crippen LogP contribution in [0.1, 0.15) is 49.5 Å². The highest BCUT2D eigenvalue weighted by atomic mass is 16.5. The van der Waals surface area contributed by atoms with E-state index in [1.54, 1.807) is 6.92 Å². The summed E-state index contributed by atoms with van der Waals surface area (Å²) in [7, 11) is 0. The number of ether oxygens (including phenoxy) is 1. The molecule has 1 unspecified atom stereocenters. The Labute approximate surface area is 193 Å². The lowest BCUT2D eigenvalue weighted by molar-refractivity contribution is -0.129. The molecule has 0 radical (unpaired) electrons. The van der Waals surface area contributed by atoms with E-state index >= 15 is 0 Å². The highest BCUT2D eigenvalue weighted by Gasteiger charge is 2.32. The van der Waals surface area contributed by atoms with E-state index in [2.05, 4.69) is 33.7 Å². The Kier molecular flexibility index (Phi) is 5.05. The summed E-state index contributed by atoms with van der Waals surface area (Å²) in [6.07, 6.45) is 3.45. The Morgan fingerprint density at radius 2 is 1.82 bits per heavy atom. The summed E-state index contributed by atoms with van der Waals surface area (Å²) in [5.41, 5.74) is 4.33. The van der Waals surface area contributed by atoms with Crippen LogP contribution in [0.2, 0.25) is 0 Å². The van der Waals surface area contributed by atoms with Crippen molar-refractivity contribution < 1.29 is 9.53 Å². The fraction of sp³-hybridized carbons (Fsp3) is 0.520. The van der Waals surface area contributed by atoms with E-state index in [0.717, 1.165) is 54.7 Å². The molecule has 3 aromatic rings. The normalized spacial score (nSPS) is 21.2. The maximum absolute atomic E-state index is 11.8. The van der Waals surface area contributed by atoms with Crippen LogP contribution in [0, 0.1) is 6.92 Å². The van der Waals surface area contributed by atoms with Crippen molar-refractivity contribution in [2.45, 2.75) is 45.1 Å². The van der Waals surface area contributed by atoms with Gasteiger partial charge < -0.3 is 19.1 Å².